The molecule has 0 aliphatic carbocycles. The molecule has 1 unspecified atom stereocenters. The van der Waals surface area contributed by atoms with Gasteiger partial charge in [-0.15, -0.1) is 0 Å². The van der Waals surface area contributed by atoms with E-state index in [1.54, 1.807) is 0 Å². The van der Waals surface area contributed by atoms with Crippen LogP contribution in [-0.4, -0.2) is 18.9 Å². The minimum atomic E-state index is -2.25. The van der Waals surface area contributed by atoms with Gasteiger partial charge in [0.2, 0.25) is 7.37 Å². The lowest BCUT2D eigenvalue weighted by Gasteiger charge is -2.17. The molecule has 3 heteroatoms. The maximum absolute atomic E-state index is 11.4. The van der Waals surface area contributed by atoms with E-state index in [0.29, 0.717) is 6.16 Å². The van der Waals surface area contributed by atoms with Crippen molar-refractivity contribution in [2.24, 2.45) is 0 Å². The second kappa shape index (κ2) is 3.38. The highest BCUT2D eigenvalue weighted by molar-refractivity contribution is 7.59. The van der Waals surface area contributed by atoms with Crippen LogP contribution < -0.4 is 0 Å². The van der Waals surface area contributed by atoms with Gasteiger partial charge < -0.3 is 4.52 Å². The van der Waals surface area contributed by atoms with Gasteiger partial charge in [0.15, 0.2) is 0 Å². The summed E-state index contributed by atoms with van der Waals surface area (Å²) in [6, 6.07) is 0. The Labute approximate surface area is 57.1 Å². The van der Waals surface area contributed by atoms with Crippen LogP contribution in [0.1, 0.15) is 20.8 Å². The van der Waals surface area contributed by atoms with E-state index in [0.717, 1.165) is 0 Å². The van der Waals surface area contributed by atoms with Crippen molar-refractivity contribution in [1.29, 1.82) is 0 Å². The lowest BCUT2D eigenvalue weighted by molar-refractivity contribution is 0.387. The molecule has 0 aliphatic rings. The molecule has 0 saturated heterocycles. The zero-order valence-electron chi connectivity index (χ0n) is 6.55. The van der Waals surface area contributed by atoms with Crippen LogP contribution >= 0.6 is 7.37 Å². The van der Waals surface area contributed by atoms with Crippen molar-refractivity contribution in [1.82, 2.24) is 0 Å². The van der Waals surface area contributed by atoms with Gasteiger partial charge in [-0.1, -0.05) is 20.8 Å². The Morgan fingerprint density at radius 2 is 2.00 bits per heavy atom. The molecule has 0 saturated carbocycles. The van der Waals surface area contributed by atoms with E-state index >= 15 is 0 Å². The van der Waals surface area contributed by atoms with E-state index in [1.807, 2.05) is 20.8 Å². The predicted molar refractivity (Wildman–Crippen MR) is 40.3 cm³/mol. The molecule has 1 atom stereocenters. The Hall–Kier alpha value is 0.190. The minimum Gasteiger partial charge on any atom is -0.332 e. The zero-order chi connectivity index (χ0) is 7.49. The minimum absolute atomic E-state index is 0.160. The Morgan fingerprint density at radius 3 is 2.00 bits per heavy atom. The number of rotatable bonds is 3. The SMILES string of the molecule is CCP(=O)(OC)C(C)C. The average Bonchev–Trinajstić information content (AvgIpc) is 1.86. The van der Waals surface area contributed by atoms with Crippen LogP contribution in [0.5, 0.6) is 0 Å². The van der Waals surface area contributed by atoms with E-state index < -0.39 is 7.37 Å². The van der Waals surface area contributed by atoms with Gasteiger partial charge in [0.25, 0.3) is 0 Å². The van der Waals surface area contributed by atoms with Crippen molar-refractivity contribution in [2.75, 3.05) is 13.3 Å². The summed E-state index contributed by atoms with van der Waals surface area (Å²) in [7, 11) is -0.735. The summed E-state index contributed by atoms with van der Waals surface area (Å²) in [6.45, 7) is 5.74. The quantitative estimate of drug-likeness (QED) is 0.577. The van der Waals surface area contributed by atoms with Crippen LogP contribution in [0.15, 0.2) is 0 Å². The molecule has 0 N–H and O–H groups in total. The Morgan fingerprint density at radius 1 is 1.56 bits per heavy atom. The van der Waals surface area contributed by atoms with E-state index in [9.17, 15) is 4.57 Å². The van der Waals surface area contributed by atoms with Gasteiger partial charge in [-0.05, 0) is 0 Å². The zero-order valence-corrected chi connectivity index (χ0v) is 7.44. The van der Waals surface area contributed by atoms with Gasteiger partial charge in [-0.2, -0.15) is 0 Å². The van der Waals surface area contributed by atoms with Crippen molar-refractivity contribution >= 4 is 7.37 Å². The lowest BCUT2D eigenvalue weighted by atomic mass is 10.6. The maximum atomic E-state index is 11.4. The molecule has 0 radical (unpaired) electrons. The molecule has 56 valence electrons. The van der Waals surface area contributed by atoms with Crippen LogP contribution in [0, 0.1) is 0 Å². The molecule has 0 fully saturated rings. The maximum Gasteiger partial charge on any atom is 0.205 e. The van der Waals surface area contributed by atoms with Crippen LogP contribution in [-0.2, 0) is 9.09 Å². The van der Waals surface area contributed by atoms with Gasteiger partial charge in [0.05, 0.1) is 0 Å². The molecule has 0 aromatic rings. The largest absolute Gasteiger partial charge is 0.332 e. The molecule has 0 aromatic heterocycles. The Kier molecular flexibility index (Phi) is 3.45. The van der Waals surface area contributed by atoms with Crippen molar-refractivity contribution in [3.63, 3.8) is 0 Å². The summed E-state index contributed by atoms with van der Waals surface area (Å²) in [5.74, 6) is 0. The molecule has 0 aliphatic heterocycles. The van der Waals surface area contributed by atoms with E-state index in [4.69, 9.17) is 4.52 Å². The first-order chi connectivity index (χ1) is 4.06. The molecule has 9 heavy (non-hydrogen) atoms. The smallest absolute Gasteiger partial charge is 0.205 e. The Bertz CT molecular complexity index is 112. The summed E-state index contributed by atoms with van der Waals surface area (Å²) in [6.07, 6.45) is 0.640. The monoisotopic (exact) mass is 150 g/mol. The highest BCUT2D eigenvalue weighted by Crippen LogP contribution is 2.50. The number of hydrogen-bond acceptors (Lipinski definition) is 2. The van der Waals surface area contributed by atoms with Crippen LogP contribution in [0.3, 0.4) is 0 Å². The molecular formula is C6H15O2P. The molecule has 2 nitrogen and oxygen atoms in total. The van der Waals surface area contributed by atoms with E-state index in [2.05, 4.69) is 0 Å². The Balaban J connectivity index is 4.11. The predicted octanol–water partition coefficient (Wildman–Crippen LogP) is 2.34. The highest BCUT2D eigenvalue weighted by atomic mass is 31.2. The lowest BCUT2D eigenvalue weighted by Crippen LogP contribution is -2.01. The summed E-state index contributed by atoms with van der Waals surface area (Å²) in [4.78, 5) is 0. The van der Waals surface area contributed by atoms with Crippen LogP contribution in [0.25, 0.3) is 0 Å². The van der Waals surface area contributed by atoms with Crippen molar-refractivity contribution in [3.8, 4) is 0 Å². The second-order valence-electron chi connectivity index (χ2n) is 2.32. The van der Waals surface area contributed by atoms with Gasteiger partial charge in [0.1, 0.15) is 0 Å². The summed E-state index contributed by atoms with van der Waals surface area (Å²) >= 11 is 0. The van der Waals surface area contributed by atoms with Crippen molar-refractivity contribution in [2.45, 2.75) is 26.4 Å². The first-order valence-corrected chi connectivity index (χ1v) is 5.09. The topological polar surface area (TPSA) is 26.3 Å². The van der Waals surface area contributed by atoms with E-state index in [1.165, 1.54) is 7.11 Å². The van der Waals surface area contributed by atoms with Crippen LogP contribution in [0.2, 0.25) is 0 Å². The molecule has 0 heterocycles. The molecular weight excluding hydrogens is 135 g/mol. The number of hydrogen-bond donors (Lipinski definition) is 0. The normalized spacial score (nSPS) is 17.9. The summed E-state index contributed by atoms with van der Waals surface area (Å²) in [5, 5.41) is 0. The fourth-order valence-electron chi connectivity index (χ4n) is 0.705. The van der Waals surface area contributed by atoms with Crippen molar-refractivity contribution in [3.05, 3.63) is 0 Å². The average molecular weight is 150 g/mol. The molecule has 0 bridgehead atoms. The van der Waals surface area contributed by atoms with Gasteiger partial charge in [-0.25, -0.2) is 0 Å². The molecule has 0 rings (SSSR count). The standard InChI is InChI=1S/C6H15O2P/c1-5-9(7,8-4)6(2)3/h6H,5H2,1-4H3. The molecule has 0 aromatic carbocycles. The highest BCUT2D eigenvalue weighted by Gasteiger charge is 2.22. The molecule has 0 amide bonds. The summed E-state index contributed by atoms with van der Waals surface area (Å²) in [5.41, 5.74) is 0.160. The van der Waals surface area contributed by atoms with Gasteiger partial charge in [0, 0.05) is 18.9 Å². The first-order valence-electron chi connectivity index (χ1n) is 3.21. The van der Waals surface area contributed by atoms with E-state index in [-0.39, 0.29) is 5.66 Å². The summed E-state index contributed by atoms with van der Waals surface area (Å²) < 4.78 is 16.3. The van der Waals surface area contributed by atoms with Crippen LogP contribution in [0.4, 0.5) is 0 Å². The molecule has 0 spiro atoms. The fraction of sp³-hybridized carbons (Fsp3) is 1.00. The third-order valence-electron chi connectivity index (χ3n) is 1.54. The fourth-order valence-corrected chi connectivity index (χ4v) is 2.12. The van der Waals surface area contributed by atoms with Gasteiger partial charge in [-0.3, -0.25) is 4.57 Å². The van der Waals surface area contributed by atoms with Gasteiger partial charge >= 0.3 is 0 Å². The van der Waals surface area contributed by atoms with Crippen molar-refractivity contribution < 1.29 is 9.09 Å². The second-order valence-corrected chi connectivity index (χ2v) is 5.80. The third kappa shape index (κ3) is 2.11. The third-order valence-corrected chi connectivity index (χ3v) is 4.61. The first kappa shape index (κ1) is 9.19.